The van der Waals surface area contributed by atoms with Gasteiger partial charge in [0.05, 0.1) is 12.8 Å². The molecule has 0 aromatic carbocycles. The maximum absolute atomic E-state index is 12.8. The highest BCUT2D eigenvalue weighted by atomic mass is 16.5. The monoisotopic (exact) mass is 402 g/mol. The van der Waals surface area contributed by atoms with E-state index in [0.717, 1.165) is 44.6 Å². The minimum absolute atomic E-state index is 0.110. The van der Waals surface area contributed by atoms with Gasteiger partial charge in [-0.1, -0.05) is 13.8 Å². The Balaban J connectivity index is 1.80. The molecule has 2 aromatic rings. The molecule has 0 aliphatic carbocycles. The van der Waals surface area contributed by atoms with Crippen molar-refractivity contribution in [3.05, 3.63) is 34.4 Å². The molecule has 160 valence electrons. The van der Waals surface area contributed by atoms with Gasteiger partial charge in [0.15, 0.2) is 5.69 Å². The van der Waals surface area contributed by atoms with Gasteiger partial charge in [-0.25, -0.2) is 0 Å². The second-order valence-electron chi connectivity index (χ2n) is 8.27. The Morgan fingerprint density at radius 2 is 2.17 bits per heavy atom. The second-order valence-corrected chi connectivity index (χ2v) is 8.27. The third-order valence-corrected chi connectivity index (χ3v) is 5.67. The molecule has 2 aromatic heterocycles. The van der Waals surface area contributed by atoms with Crippen molar-refractivity contribution >= 4 is 5.91 Å². The van der Waals surface area contributed by atoms with Crippen molar-refractivity contribution in [2.24, 2.45) is 13.0 Å². The Kier molecular flexibility index (Phi) is 7.08. The summed E-state index contributed by atoms with van der Waals surface area (Å²) in [4.78, 5) is 15.2. The van der Waals surface area contributed by atoms with E-state index in [2.05, 4.69) is 40.8 Å². The zero-order chi connectivity index (χ0) is 21.0. The zero-order valence-electron chi connectivity index (χ0n) is 18.4. The van der Waals surface area contributed by atoms with Gasteiger partial charge in [-0.15, -0.1) is 0 Å². The summed E-state index contributed by atoms with van der Waals surface area (Å²) in [6.07, 6.45) is 3.90. The van der Waals surface area contributed by atoms with E-state index in [1.807, 2.05) is 17.9 Å². The smallest absolute Gasteiger partial charge is 0.272 e. The molecular formula is C21H34N6O2. The molecule has 1 aliphatic rings. The molecule has 0 fully saturated rings. The van der Waals surface area contributed by atoms with Crippen molar-refractivity contribution in [1.29, 1.82) is 0 Å². The molecule has 0 saturated heterocycles. The number of carbonyl (C=O) groups is 1. The molecule has 0 atom stereocenters. The first-order valence-electron chi connectivity index (χ1n) is 10.5. The summed E-state index contributed by atoms with van der Waals surface area (Å²) in [6, 6.07) is 0. The van der Waals surface area contributed by atoms with Crippen molar-refractivity contribution in [3.8, 4) is 0 Å². The quantitative estimate of drug-likeness (QED) is 0.649. The van der Waals surface area contributed by atoms with E-state index in [4.69, 9.17) is 9.84 Å². The van der Waals surface area contributed by atoms with Crippen LogP contribution in [-0.2, 0) is 37.8 Å². The first-order valence-corrected chi connectivity index (χ1v) is 10.5. The largest absolute Gasteiger partial charge is 0.383 e. The number of rotatable bonds is 9. The van der Waals surface area contributed by atoms with E-state index in [-0.39, 0.29) is 5.91 Å². The van der Waals surface area contributed by atoms with Crippen LogP contribution in [0.1, 0.15) is 53.3 Å². The molecule has 29 heavy (non-hydrogen) atoms. The van der Waals surface area contributed by atoms with Crippen molar-refractivity contribution in [2.45, 2.75) is 53.2 Å². The standard InChI is InChI=1S/C21H34N6O2/c1-15(2)6-10-27-19-7-9-26(13-17-12-23-25(4)16(17)3)14-18(19)20(24-27)21(28)22-8-11-29-5/h12,15H,6-11,13-14H2,1-5H3,(H,22,28). The number of carbonyl (C=O) groups excluding carboxylic acids is 1. The van der Waals surface area contributed by atoms with Crippen LogP contribution in [0.15, 0.2) is 6.20 Å². The molecule has 0 spiro atoms. The van der Waals surface area contributed by atoms with Crippen LogP contribution < -0.4 is 5.32 Å². The molecule has 0 bridgehead atoms. The Morgan fingerprint density at radius 1 is 1.38 bits per heavy atom. The SMILES string of the molecule is COCCNC(=O)c1nn(CCC(C)C)c2c1CN(Cc1cnn(C)c1C)CC2. The maximum Gasteiger partial charge on any atom is 0.272 e. The summed E-state index contributed by atoms with van der Waals surface area (Å²) in [7, 11) is 3.60. The normalized spacial score (nSPS) is 14.4. The Labute approximate surface area is 173 Å². The van der Waals surface area contributed by atoms with E-state index in [9.17, 15) is 4.79 Å². The second kappa shape index (κ2) is 9.54. The zero-order valence-corrected chi connectivity index (χ0v) is 18.4. The van der Waals surface area contributed by atoms with Gasteiger partial charge < -0.3 is 10.1 Å². The maximum atomic E-state index is 12.8. The van der Waals surface area contributed by atoms with Gasteiger partial charge in [0.25, 0.3) is 5.91 Å². The third kappa shape index (κ3) is 5.05. The average molecular weight is 403 g/mol. The number of nitrogens with one attached hydrogen (secondary N) is 1. The summed E-state index contributed by atoms with van der Waals surface area (Å²) in [5.41, 5.74) is 5.25. The molecule has 8 nitrogen and oxygen atoms in total. The lowest BCUT2D eigenvalue weighted by Crippen LogP contribution is -2.33. The number of methoxy groups -OCH3 is 1. The summed E-state index contributed by atoms with van der Waals surface area (Å²) in [5, 5.41) is 12.0. The average Bonchev–Trinajstić information content (AvgIpc) is 3.21. The van der Waals surface area contributed by atoms with Crippen LogP contribution in [-0.4, -0.2) is 57.2 Å². The number of hydrogen-bond acceptors (Lipinski definition) is 5. The molecule has 0 radical (unpaired) electrons. The molecule has 1 aliphatic heterocycles. The molecule has 3 rings (SSSR count). The fraction of sp³-hybridized carbons (Fsp3) is 0.667. The first-order chi connectivity index (χ1) is 13.9. The number of fused-ring (bicyclic) bond motifs is 1. The number of hydrogen-bond donors (Lipinski definition) is 1. The van der Waals surface area contributed by atoms with E-state index in [1.54, 1.807) is 7.11 Å². The van der Waals surface area contributed by atoms with Gasteiger partial charge in [0, 0.05) is 75.8 Å². The predicted molar refractivity (Wildman–Crippen MR) is 112 cm³/mol. The Hall–Kier alpha value is -2.19. The molecule has 3 heterocycles. The van der Waals surface area contributed by atoms with Crippen molar-refractivity contribution in [3.63, 3.8) is 0 Å². The lowest BCUT2D eigenvalue weighted by Gasteiger charge is -2.27. The Bertz CT molecular complexity index is 839. The lowest BCUT2D eigenvalue weighted by molar-refractivity contribution is 0.0929. The van der Waals surface area contributed by atoms with Gasteiger partial charge in [-0.3, -0.25) is 19.1 Å². The van der Waals surface area contributed by atoms with Crippen LogP contribution in [0.2, 0.25) is 0 Å². The van der Waals surface area contributed by atoms with Gasteiger partial charge in [-0.05, 0) is 19.3 Å². The Morgan fingerprint density at radius 3 is 2.83 bits per heavy atom. The lowest BCUT2D eigenvalue weighted by atomic mass is 10.0. The fourth-order valence-electron chi connectivity index (χ4n) is 3.72. The van der Waals surface area contributed by atoms with Crippen LogP contribution in [0.4, 0.5) is 0 Å². The van der Waals surface area contributed by atoms with Crippen LogP contribution >= 0.6 is 0 Å². The van der Waals surface area contributed by atoms with Crippen LogP contribution in [0.3, 0.4) is 0 Å². The molecule has 8 heteroatoms. The number of nitrogens with zero attached hydrogens (tertiary/aromatic N) is 5. The number of aryl methyl sites for hydroxylation is 2. The van der Waals surface area contributed by atoms with Crippen molar-refractivity contribution in [1.82, 2.24) is 29.8 Å². The minimum Gasteiger partial charge on any atom is -0.383 e. The van der Waals surface area contributed by atoms with Crippen molar-refractivity contribution < 1.29 is 9.53 Å². The third-order valence-electron chi connectivity index (χ3n) is 5.67. The predicted octanol–water partition coefficient (Wildman–Crippen LogP) is 1.91. The van der Waals surface area contributed by atoms with E-state index >= 15 is 0 Å². The summed E-state index contributed by atoms with van der Waals surface area (Å²) < 4.78 is 9.02. The van der Waals surface area contributed by atoms with Crippen molar-refractivity contribution in [2.75, 3.05) is 26.8 Å². The van der Waals surface area contributed by atoms with Gasteiger partial charge in [-0.2, -0.15) is 10.2 Å². The highest BCUT2D eigenvalue weighted by Crippen LogP contribution is 2.25. The van der Waals surface area contributed by atoms with E-state index in [1.165, 1.54) is 17.0 Å². The minimum atomic E-state index is -0.110. The number of aromatic nitrogens is 4. The van der Waals surface area contributed by atoms with Crippen LogP contribution in [0.5, 0.6) is 0 Å². The van der Waals surface area contributed by atoms with Crippen LogP contribution in [0, 0.1) is 12.8 Å². The van der Waals surface area contributed by atoms with Crippen LogP contribution in [0.25, 0.3) is 0 Å². The molecular weight excluding hydrogens is 368 g/mol. The molecule has 0 saturated carbocycles. The van der Waals surface area contributed by atoms with Gasteiger partial charge in [0.2, 0.25) is 0 Å². The molecule has 0 unspecified atom stereocenters. The topological polar surface area (TPSA) is 77.2 Å². The van der Waals surface area contributed by atoms with E-state index in [0.29, 0.717) is 24.8 Å². The summed E-state index contributed by atoms with van der Waals surface area (Å²) in [5.74, 6) is 0.489. The summed E-state index contributed by atoms with van der Waals surface area (Å²) in [6.45, 7) is 10.9. The fourth-order valence-corrected chi connectivity index (χ4v) is 3.72. The first kappa shape index (κ1) is 21.5. The van der Waals surface area contributed by atoms with Gasteiger partial charge in [0.1, 0.15) is 0 Å². The number of amides is 1. The highest BCUT2D eigenvalue weighted by molar-refractivity contribution is 5.94. The molecule has 1 amide bonds. The van der Waals surface area contributed by atoms with E-state index < -0.39 is 0 Å². The highest BCUT2D eigenvalue weighted by Gasteiger charge is 2.28. The molecule has 1 N–H and O–H groups in total. The number of ether oxygens (including phenoxy) is 1. The summed E-state index contributed by atoms with van der Waals surface area (Å²) >= 11 is 0. The van der Waals surface area contributed by atoms with Gasteiger partial charge >= 0.3 is 0 Å².